The van der Waals surface area contributed by atoms with Gasteiger partial charge in [0.1, 0.15) is 5.75 Å². The maximum absolute atomic E-state index is 11.8. The number of rotatable bonds is 3. The molecule has 0 saturated carbocycles. The molecular weight excluding hydrogens is 324 g/mol. The van der Waals surface area contributed by atoms with Gasteiger partial charge in [-0.05, 0) is 25.1 Å². The lowest BCUT2D eigenvalue weighted by atomic mass is 9.96. The molecule has 0 saturated heterocycles. The topological polar surface area (TPSA) is 67.4 Å². The Bertz CT molecular complexity index is 497. The number of hydrogen-bond acceptors (Lipinski definition) is 3. The molecule has 0 radical (unpaired) electrons. The van der Waals surface area contributed by atoms with E-state index in [1.54, 1.807) is 39.8 Å². The van der Waals surface area contributed by atoms with Crippen LogP contribution in [0.25, 0.3) is 0 Å². The molecule has 0 heterocycles. The minimum atomic E-state index is -0.718. The van der Waals surface area contributed by atoms with Crippen molar-refractivity contribution in [1.82, 2.24) is 10.9 Å². The number of nitrogens with one attached hydrogen (secondary N) is 2. The summed E-state index contributed by atoms with van der Waals surface area (Å²) in [6, 6.07) is 7.19. The Balaban J connectivity index is 2.50. The summed E-state index contributed by atoms with van der Waals surface area (Å²) in [5.41, 5.74) is 4.15. The summed E-state index contributed by atoms with van der Waals surface area (Å²) in [5.74, 6) is -0.104. The molecule has 5 nitrogen and oxygen atoms in total. The van der Waals surface area contributed by atoms with Gasteiger partial charge in [0.25, 0.3) is 5.91 Å². The zero-order valence-corrected chi connectivity index (χ0v) is 13.6. The van der Waals surface area contributed by atoms with Crippen molar-refractivity contribution in [2.45, 2.75) is 33.8 Å². The normalized spacial score (nSPS) is 12.4. The lowest BCUT2D eigenvalue weighted by molar-refractivity contribution is -0.136. The van der Waals surface area contributed by atoms with Gasteiger partial charge in [-0.3, -0.25) is 20.4 Å². The highest BCUT2D eigenvalue weighted by Crippen LogP contribution is 2.18. The van der Waals surface area contributed by atoms with Crippen LogP contribution in [0.2, 0.25) is 0 Å². The predicted molar refractivity (Wildman–Crippen MR) is 80.0 cm³/mol. The maximum Gasteiger partial charge on any atom is 0.279 e. The van der Waals surface area contributed by atoms with Gasteiger partial charge in [0, 0.05) is 9.89 Å². The second kappa shape index (κ2) is 6.74. The van der Waals surface area contributed by atoms with E-state index in [0.29, 0.717) is 5.75 Å². The molecule has 1 rings (SSSR count). The van der Waals surface area contributed by atoms with Gasteiger partial charge in [0.2, 0.25) is 5.91 Å². The Morgan fingerprint density at radius 3 is 2.45 bits per heavy atom. The van der Waals surface area contributed by atoms with Crippen molar-refractivity contribution in [2.75, 3.05) is 0 Å². The van der Waals surface area contributed by atoms with Gasteiger partial charge in [0.05, 0.1) is 0 Å². The highest BCUT2D eigenvalue weighted by molar-refractivity contribution is 9.10. The first-order valence-corrected chi connectivity index (χ1v) is 7.02. The van der Waals surface area contributed by atoms with Gasteiger partial charge < -0.3 is 4.74 Å². The highest BCUT2D eigenvalue weighted by Gasteiger charge is 2.22. The van der Waals surface area contributed by atoms with Crippen molar-refractivity contribution in [3.8, 4) is 5.75 Å². The average Bonchev–Trinajstić information content (AvgIpc) is 2.34. The molecule has 0 bridgehead atoms. The first kappa shape index (κ1) is 16.5. The third-order valence-corrected chi connectivity index (χ3v) is 2.95. The van der Waals surface area contributed by atoms with Crippen molar-refractivity contribution in [1.29, 1.82) is 0 Å². The number of carbonyl (C=O) groups excluding carboxylic acids is 2. The largest absolute Gasteiger partial charge is 0.481 e. The Morgan fingerprint density at radius 2 is 1.90 bits per heavy atom. The average molecular weight is 343 g/mol. The van der Waals surface area contributed by atoms with Crippen LogP contribution < -0.4 is 15.6 Å². The van der Waals surface area contributed by atoms with Crippen molar-refractivity contribution in [2.24, 2.45) is 5.41 Å². The molecule has 6 heteroatoms. The lowest BCUT2D eigenvalue weighted by Gasteiger charge is -2.20. The second-order valence-electron chi connectivity index (χ2n) is 5.41. The highest BCUT2D eigenvalue weighted by atomic mass is 79.9. The van der Waals surface area contributed by atoms with E-state index in [4.69, 9.17) is 4.74 Å². The summed E-state index contributed by atoms with van der Waals surface area (Å²) in [5, 5.41) is 0. The van der Waals surface area contributed by atoms with E-state index in [0.717, 1.165) is 4.47 Å². The third kappa shape index (κ3) is 5.21. The fourth-order valence-corrected chi connectivity index (χ4v) is 1.58. The molecule has 0 aliphatic rings. The molecule has 0 fully saturated rings. The summed E-state index contributed by atoms with van der Waals surface area (Å²) >= 11 is 3.32. The van der Waals surface area contributed by atoms with Gasteiger partial charge >= 0.3 is 0 Å². The van der Waals surface area contributed by atoms with E-state index in [2.05, 4.69) is 26.8 Å². The summed E-state index contributed by atoms with van der Waals surface area (Å²) < 4.78 is 6.35. The minimum Gasteiger partial charge on any atom is -0.481 e. The van der Waals surface area contributed by atoms with Crippen molar-refractivity contribution in [3.05, 3.63) is 28.7 Å². The monoisotopic (exact) mass is 342 g/mol. The second-order valence-corrected chi connectivity index (χ2v) is 6.33. The van der Waals surface area contributed by atoms with Crippen LogP contribution in [0.4, 0.5) is 0 Å². The number of carbonyl (C=O) groups is 2. The van der Waals surface area contributed by atoms with E-state index in [1.807, 2.05) is 12.1 Å². The van der Waals surface area contributed by atoms with E-state index < -0.39 is 17.4 Å². The number of ether oxygens (including phenoxy) is 1. The maximum atomic E-state index is 11.8. The van der Waals surface area contributed by atoms with Gasteiger partial charge in [0.15, 0.2) is 6.10 Å². The summed E-state index contributed by atoms with van der Waals surface area (Å²) in [6.45, 7) is 6.89. The van der Waals surface area contributed by atoms with E-state index in [1.165, 1.54) is 0 Å². The number of halogens is 1. The lowest BCUT2D eigenvalue weighted by Crippen LogP contribution is -2.50. The molecule has 1 aromatic rings. The van der Waals surface area contributed by atoms with E-state index in [9.17, 15) is 9.59 Å². The summed E-state index contributed by atoms with van der Waals surface area (Å²) in [6.07, 6.45) is -0.718. The minimum absolute atomic E-state index is 0.263. The Kier molecular flexibility index (Phi) is 5.56. The summed E-state index contributed by atoms with van der Waals surface area (Å²) in [4.78, 5) is 23.4. The Morgan fingerprint density at radius 1 is 1.25 bits per heavy atom. The van der Waals surface area contributed by atoms with Crippen molar-refractivity contribution >= 4 is 27.7 Å². The van der Waals surface area contributed by atoms with Gasteiger partial charge in [-0.25, -0.2) is 0 Å². The molecule has 110 valence electrons. The van der Waals surface area contributed by atoms with Gasteiger partial charge in [-0.15, -0.1) is 0 Å². The molecule has 0 aliphatic carbocycles. The predicted octanol–water partition coefficient (Wildman–Crippen LogP) is 2.41. The molecule has 2 amide bonds. The number of amides is 2. The van der Waals surface area contributed by atoms with Crippen molar-refractivity contribution in [3.63, 3.8) is 0 Å². The Hall–Kier alpha value is -1.56. The number of hydrogen-bond donors (Lipinski definition) is 2. The van der Waals surface area contributed by atoms with Crippen LogP contribution in [0, 0.1) is 5.41 Å². The fourth-order valence-electron chi connectivity index (χ4n) is 1.21. The quantitative estimate of drug-likeness (QED) is 0.829. The molecule has 1 aromatic carbocycles. The van der Waals surface area contributed by atoms with Crippen LogP contribution in [0.15, 0.2) is 28.7 Å². The van der Waals surface area contributed by atoms with E-state index in [-0.39, 0.29) is 5.91 Å². The zero-order valence-electron chi connectivity index (χ0n) is 12.0. The zero-order chi connectivity index (χ0) is 15.3. The standard InChI is InChI=1S/C14H19BrN2O3/c1-9(20-11-7-5-6-10(15)8-11)12(18)16-17-13(19)14(2,3)4/h5-9H,1-4H3,(H,16,18)(H,17,19). The van der Waals surface area contributed by atoms with Gasteiger partial charge in [-0.2, -0.15) is 0 Å². The molecule has 2 N–H and O–H groups in total. The molecule has 1 unspecified atom stereocenters. The molecule has 0 aromatic heterocycles. The fraction of sp³-hybridized carbons (Fsp3) is 0.429. The SMILES string of the molecule is CC(Oc1cccc(Br)c1)C(=O)NNC(=O)C(C)(C)C. The molecule has 20 heavy (non-hydrogen) atoms. The van der Waals surface area contributed by atoms with Crippen molar-refractivity contribution < 1.29 is 14.3 Å². The van der Waals surface area contributed by atoms with Crippen LogP contribution in [0.3, 0.4) is 0 Å². The van der Waals surface area contributed by atoms with E-state index >= 15 is 0 Å². The first-order valence-electron chi connectivity index (χ1n) is 6.22. The van der Waals surface area contributed by atoms with Crippen LogP contribution >= 0.6 is 15.9 Å². The summed E-state index contributed by atoms with van der Waals surface area (Å²) in [7, 11) is 0. The number of benzene rings is 1. The molecule has 0 spiro atoms. The molecule has 1 atom stereocenters. The Labute approximate surface area is 127 Å². The van der Waals surface area contributed by atoms with Crippen LogP contribution in [-0.2, 0) is 9.59 Å². The molecular formula is C14H19BrN2O3. The number of hydrazine groups is 1. The van der Waals surface area contributed by atoms with Crippen LogP contribution in [0.5, 0.6) is 5.75 Å². The first-order chi connectivity index (χ1) is 9.20. The third-order valence-electron chi connectivity index (χ3n) is 2.46. The molecule has 0 aliphatic heterocycles. The van der Waals surface area contributed by atoms with Crippen LogP contribution in [0.1, 0.15) is 27.7 Å². The van der Waals surface area contributed by atoms with Gasteiger partial charge in [-0.1, -0.05) is 42.8 Å². The smallest absolute Gasteiger partial charge is 0.279 e. The van der Waals surface area contributed by atoms with Crippen LogP contribution in [-0.4, -0.2) is 17.9 Å².